The number of hydrogen-bond donors (Lipinski definition) is 2. The van der Waals surface area contributed by atoms with Crippen molar-refractivity contribution in [3.8, 4) is 0 Å². The Hall–Kier alpha value is -3.34. The molecule has 0 saturated heterocycles. The lowest BCUT2D eigenvalue weighted by Gasteiger charge is -2.21. The van der Waals surface area contributed by atoms with E-state index in [1.807, 2.05) is 0 Å². The number of aliphatic hydroxyl groups is 1. The fourth-order valence-corrected chi connectivity index (χ4v) is 8.21. The lowest BCUT2D eigenvalue weighted by molar-refractivity contribution is -0.161. The van der Waals surface area contributed by atoms with Crippen molar-refractivity contribution in [2.45, 2.75) is 251 Å². The van der Waals surface area contributed by atoms with E-state index >= 15 is 0 Å². The molecule has 414 valence electrons. The Bertz CT molecular complexity index is 1530. The van der Waals surface area contributed by atoms with E-state index in [9.17, 15) is 28.9 Å². The summed E-state index contributed by atoms with van der Waals surface area (Å²) in [7, 11) is -4.76. The maximum Gasteiger partial charge on any atom is 0.472 e. The van der Waals surface area contributed by atoms with Crippen LogP contribution in [0.4, 0.5) is 0 Å². The van der Waals surface area contributed by atoms with Gasteiger partial charge in [0.2, 0.25) is 0 Å². The molecule has 0 saturated carbocycles. The van der Waals surface area contributed by atoms with Crippen molar-refractivity contribution in [3.05, 3.63) is 85.1 Å². The molecule has 0 rings (SSSR count). The summed E-state index contributed by atoms with van der Waals surface area (Å²) in [5, 5.41) is 9.80. The highest BCUT2D eigenvalue weighted by Crippen LogP contribution is 2.43. The van der Waals surface area contributed by atoms with Crippen LogP contribution >= 0.6 is 7.82 Å². The SMILES string of the molecule is CC/C=C\C/C=C\C/C=C\C/C=C\CCCCCCC(=O)OCC(COP(=O)(O)OCC(CO)OC(=O)CCCCCCC/C=C\CCCCCC)OC(=O)CCCCCCC/C=C\C/C=C\CCCCC. The molecule has 12 heteroatoms. The minimum absolute atomic E-state index is 0.142. The Morgan fingerprint density at radius 3 is 1.15 bits per heavy atom. The number of phosphoric ester groups is 1. The minimum Gasteiger partial charge on any atom is -0.462 e. The normalized spacial score (nSPS) is 14.0. The molecule has 0 fully saturated rings. The number of aliphatic hydroxyl groups excluding tert-OH is 1. The van der Waals surface area contributed by atoms with Gasteiger partial charge >= 0.3 is 25.7 Å². The zero-order valence-electron chi connectivity index (χ0n) is 45.6. The summed E-state index contributed by atoms with van der Waals surface area (Å²) in [6.45, 7) is 4.43. The van der Waals surface area contributed by atoms with Gasteiger partial charge in [0.05, 0.1) is 19.8 Å². The molecule has 2 N–H and O–H groups in total. The van der Waals surface area contributed by atoms with Crippen molar-refractivity contribution in [2.24, 2.45) is 0 Å². The van der Waals surface area contributed by atoms with Gasteiger partial charge in [-0.15, -0.1) is 0 Å². The quantitative estimate of drug-likeness (QED) is 0.0197. The average molecular weight is 1030 g/mol. The Balaban J connectivity index is 4.80. The van der Waals surface area contributed by atoms with E-state index in [1.165, 1.54) is 44.9 Å². The molecular formula is C60H103O11P. The van der Waals surface area contributed by atoms with Gasteiger partial charge in [0.1, 0.15) is 12.7 Å². The third kappa shape index (κ3) is 51.6. The molecule has 0 bridgehead atoms. The molecule has 11 nitrogen and oxygen atoms in total. The number of unbranched alkanes of at least 4 members (excludes halogenated alkanes) is 21. The van der Waals surface area contributed by atoms with Crippen LogP contribution in [-0.2, 0) is 42.2 Å². The first-order chi connectivity index (χ1) is 35.2. The smallest absolute Gasteiger partial charge is 0.462 e. The van der Waals surface area contributed by atoms with Crippen LogP contribution in [0.25, 0.3) is 0 Å². The zero-order valence-corrected chi connectivity index (χ0v) is 46.5. The highest BCUT2D eigenvalue weighted by atomic mass is 31.2. The van der Waals surface area contributed by atoms with Crippen LogP contribution in [0.5, 0.6) is 0 Å². The molecule has 0 amide bonds. The van der Waals surface area contributed by atoms with Crippen LogP contribution in [0.15, 0.2) is 85.1 Å². The maximum atomic E-state index is 12.9. The van der Waals surface area contributed by atoms with Crippen molar-refractivity contribution in [1.29, 1.82) is 0 Å². The fraction of sp³-hybridized carbons (Fsp3) is 0.717. The van der Waals surface area contributed by atoms with Gasteiger partial charge in [-0.2, -0.15) is 0 Å². The first-order valence-corrected chi connectivity index (χ1v) is 30.0. The maximum absolute atomic E-state index is 12.9. The summed E-state index contributed by atoms with van der Waals surface area (Å²) in [6, 6.07) is 0. The van der Waals surface area contributed by atoms with Gasteiger partial charge in [0.15, 0.2) is 6.10 Å². The molecule has 0 aliphatic rings. The van der Waals surface area contributed by atoms with Crippen molar-refractivity contribution in [3.63, 3.8) is 0 Å². The number of hydrogen-bond acceptors (Lipinski definition) is 10. The zero-order chi connectivity index (χ0) is 52.7. The number of rotatable bonds is 52. The van der Waals surface area contributed by atoms with Gasteiger partial charge in [-0.05, 0) is 116 Å². The molecule has 72 heavy (non-hydrogen) atoms. The Labute approximate surface area is 439 Å². The molecule has 0 aliphatic carbocycles. The van der Waals surface area contributed by atoms with E-state index in [0.29, 0.717) is 19.3 Å². The molecule has 3 unspecified atom stereocenters. The predicted octanol–water partition coefficient (Wildman–Crippen LogP) is 16.7. The van der Waals surface area contributed by atoms with Gasteiger partial charge in [0, 0.05) is 19.3 Å². The fourth-order valence-electron chi connectivity index (χ4n) is 7.43. The van der Waals surface area contributed by atoms with Crippen molar-refractivity contribution < 1.29 is 52.2 Å². The van der Waals surface area contributed by atoms with Crippen molar-refractivity contribution in [2.75, 3.05) is 26.4 Å². The van der Waals surface area contributed by atoms with Crippen LogP contribution in [0, 0.1) is 0 Å². The number of ether oxygens (including phenoxy) is 3. The second-order valence-electron chi connectivity index (χ2n) is 18.7. The first-order valence-electron chi connectivity index (χ1n) is 28.5. The van der Waals surface area contributed by atoms with E-state index in [0.717, 1.165) is 135 Å². The van der Waals surface area contributed by atoms with Gasteiger partial charge in [0.25, 0.3) is 0 Å². The summed E-state index contributed by atoms with van der Waals surface area (Å²) in [5.74, 6) is -1.52. The molecule has 0 radical (unpaired) electrons. The van der Waals surface area contributed by atoms with E-state index in [1.54, 1.807) is 0 Å². The Morgan fingerprint density at radius 1 is 0.403 bits per heavy atom. The Morgan fingerprint density at radius 2 is 0.722 bits per heavy atom. The molecule has 3 atom stereocenters. The van der Waals surface area contributed by atoms with E-state index < -0.39 is 57.8 Å². The lowest BCUT2D eigenvalue weighted by Crippen LogP contribution is -2.30. The summed E-state index contributed by atoms with van der Waals surface area (Å²) < 4.78 is 39.5. The van der Waals surface area contributed by atoms with E-state index in [2.05, 4.69) is 106 Å². The average Bonchev–Trinajstić information content (AvgIpc) is 3.37. The molecule has 0 spiro atoms. The second kappa shape index (κ2) is 53.9. The molecule has 0 aliphatic heterocycles. The summed E-state index contributed by atoms with van der Waals surface area (Å²) in [6.07, 6.45) is 61.1. The van der Waals surface area contributed by atoms with Crippen molar-refractivity contribution >= 4 is 25.7 Å². The number of phosphoric acid groups is 1. The second-order valence-corrected chi connectivity index (χ2v) is 20.2. The third-order valence-corrected chi connectivity index (χ3v) is 12.7. The summed E-state index contributed by atoms with van der Waals surface area (Å²) in [5.41, 5.74) is 0. The van der Waals surface area contributed by atoms with Crippen LogP contribution in [0.3, 0.4) is 0 Å². The van der Waals surface area contributed by atoms with Gasteiger partial charge in [-0.25, -0.2) is 4.57 Å². The van der Waals surface area contributed by atoms with Gasteiger partial charge < -0.3 is 24.2 Å². The number of carbonyl (C=O) groups is 3. The standard InChI is InChI=1S/C60H103O11P/c1-4-7-10-13-16-19-22-25-27-28-30-32-34-37-40-43-46-49-58(62)67-53-57(71-60(64)51-48-45-42-39-36-33-29-26-23-20-17-14-11-8-5-2)55-69-72(65,66)68-54-56(52-61)70-59(63)50-47-44-41-38-35-31-24-21-18-15-12-9-6-3/h7,10,16-17,19-21,24-27,29-30,32,56-57,61H,4-6,8-9,11-15,18,22-23,28,31,33-55H2,1-3H3,(H,65,66)/b10-7-,19-16-,20-17-,24-21-,27-25-,29-26-,32-30-. The lowest BCUT2D eigenvalue weighted by atomic mass is 10.1. The van der Waals surface area contributed by atoms with Gasteiger partial charge in [-0.1, -0.05) is 189 Å². The highest BCUT2D eigenvalue weighted by Gasteiger charge is 2.28. The van der Waals surface area contributed by atoms with Crippen LogP contribution in [0.2, 0.25) is 0 Å². The third-order valence-electron chi connectivity index (χ3n) is 11.8. The Kier molecular flexibility index (Phi) is 51.4. The van der Waals surface area contributed by atoms with Crippen LogP contribution < -0.4 is 0 Å². The molecule has 0 aromatic heterocycles. The van der Waals surface area contributed by atoms with E-state index in [4.69, 9.17) is 23.3 Å². The monoisotopic (exact) mass is 1030 g/mol. The first kappa shape index (κ1) is 68.7. The van der Waals surface area contributed by atoms with Crippen LogP contribution in [-0.4, -0.2) is 66.5 Å². The number of allylic oxidation sites excluding steroid dienone is 14. The predicted molar refractivity (Wildman–Crippen MR) is 298 cm³/mol. The molecule has 0 aromatic rings. The van der Waals surface area contributed by atoms with Crippen molar-refractivity contribution in [1.82, 2.24) is 0 Å². The summed E-state index contributed by atoms with van der Waals surface area (Å²) >= 11 is 0. The van der Waals surface area contributed by atoms with Crippen LogP contribution in [0.1, 0.15) is 239 Å². The topological polar surface area (TPSA) is 155 Å². The molecule has 0 heterocycles. The minimum atomic E-state index is -4.76. The van der Waals surface area contributed by atoms with Gasteiger partial charge in [-0.3, -0.25) is 23.4 Å². The largest absolute Gasteiger partial charge is 0.472 e. The molecular weight excluding hydrogens is 928 g/mol. The highest BCUT2D eigenvalue weighted by molar-refractivity contribution is 7.47. The summed E-state index contributed by atoms with van der Waals surface area (Å²) in [4.78, 5) is 48.5. The molecule has 0 aromatic carbocycles. The van der Waals surface area contributed by atoms with E-state index in [-0.39, 0.29) is 25.9 Å². The number of carbonyl (C=O) groups excluding carboxylic acids is 3. The number of esters is 3.